The highest BCUT2D eigenvalue weighted by molar-refractivity contribution is 7.92. The van der Waals surface area contributed by atoms with Crippen molar-refractivity contribution in [3.63, 3.8) is 0 Å². The van der Waals surface area contributed by atoms with Crippen molar-refractivity contribution in [2.24, 2.45) is 0 Å². The van der Waals surface area contributed by atoms with E-state index in [0.717, 1.165) is 41.8 Å². The molecule has 0 spiro atoms. The van der Waals surface area contributed by atoms with Gasteiger partial charge in [0.05, 0.1) is 11.9 Å². The van der Waals surface area contributed by atoms with Crippen LogP contribution in [0.5, 0.6) is 0 Å². The lowest BCUT2D eigenvalue weighted by Crippen LogP contribution is -2.52. The Kier molecular flexibility index (Phi) is 9.41. The first kappa shape index (κ1) is 28.0. The number of nitrogens with one attached hydrogen (secondary N) is 1. The van der Waals surface area contributed by atoms with Gasteiger partial charge in [0.15, 0.2) is 0 Å². The summed E-state index contributed by atoms with van der Waals surface area (Å²) in [5, 5.41) is 3.53. The molecule has 0 heterocycles. The van der Waals surface area contributed by atoms with E-state index in [1.54, 1.807) is 37.3 Å². The van der Waals surface area contributed by atoms with E-state index in [9.17, 15) is 18.0 Å². The van der Waals surface area contributed by atoms with Gasteiger partial charge in [-0.25, -0.2) is 8.42 Å². The Balaban J connectivity index is 1.94. The number of halogens is 1. The first-order chi connectivity index (χ1) is 17.0. The molecule has 36 heavy (non-hydrogen) atoms. The first-order valence-electron chi connectivity index (χ1n) is 12.4. The molecule has 9 heteroatoms. The number of para-hydroxylation sites is 1. The van der Waals surface area contributed by atoms with E-state index in [2.05, 4.69) is 5.32 Å². The molecule has 2 aromatic carbocycles. The number of carbonyl (C=O) groups is 2. The Labute approximate surface area is 219 Å². The molecule has 0 unspecified atom stereocenters. The van der Waals surface area contributed by atoms with E-state index in [1.165, 1.54) is 4.90 Å². The van der Waals surface area contributed by atoms with E-state index in [1.807, 2.05) is 32.0 Å². The first-order valence-corrected chi connectivity index (χ1v) is 14.6. The molecule has 0 aliphatic heterocycles. The van der Waals surface area contributed by atoms with Crippen LogP contribution in [-0.4, -0.2) is 50.0 Å². The van der Waals surface area contributed by atoms with E-state index in [-0.39, 0.29) is 24.4 Å². The van der Waals surface area contributed by atoms with Crippen LogP contribution in [0.2, 0.25) is 5.02 Å². The maximum Gasteiger partial charge on any atom is 0.244 e. The third kappa shape index (κ3) is 7.01. The van der Waals surface area contributed by atoms with Crippen LogP contribution in [0.1, 0.15) is 63.5 Å². The van der Waals surface area contributed by atoms with Crippen molar-refractivity contribution < 1.29 is 18.0 Å². The number of anilines is 1. The van der Waals surface area contributed by atoms with Gasteiger partial charge < -0.3 is 10.2 Å². The maximum atomic E-state index is 13.8. The molecule has 0 radical (unpaired) electrons. The average molecular weight is 534 g/mol. The molecule has 3 rings (SSSR count). The third-order valence-corrected chi connectivity index (χ3v) is 8.17. The highest BCUT2D eigenvalue weighted by Crippen LogP contribution is 2.29. The van der Waals surface area contributed by atoms with Crippen LogP contribution in [-0.2, 0) is 26.2 Å². The average Bonchev–Trinajstić information content (AvgIpc) is 3.33. The van der Waals surface area contributed by atoms with Crippen LogP contribution in [0.3, 0.4) is 0 Å². The van der Waals surface area contributed by atoms with Crippen LogP contribution in [0.25, 0.3) is 0 Å². The second-order valence-electron chi connectivity index (χ2n) is 9.76. The van der Waals surface area contributed by atoms with E-state index < -0.39 is 28.5 Å². The molecule has 196 valence electrons. The Bertz CT molecular complexity index is 1180. The summed E-state index contributed by atoms with van der Waals surface area (Å²) >= 11 is 6.38. The van der Waals surface area contributed by atoms with Crippen LogP contribution >= 0.6 is 11.6 Å². The molecule has 2 amide bonds. The fourth-order valence-corrected chi connectivity index (χ4v) is 5.65. The predicted octanol–water partition coefficient (Wildman–Crippen LogP) is 4.71. The van der Waals surface area contributed by atoms with Gasteiger partial charge >= 0.3 is 0 Å². The number of nitrogens with zero attached hydrogens (tertiary/aromatic N) is 2. The number of sulfonamides is 1. The van der Waals surface area contributed by atoms with Gasteiger partial charge in [-0.1, -0.05) is 74.7 Å². The van der Waals surface area contributed by atoms with Gasteiger partial charge in [0.2, 0.25) is 21.8 Å². The summed E-state index contributed by atoms with van der Waals surface area (Å²) in [6, 6.07) is 13.6. The van der Waals surface area contributed by atoms with E-state index in [4.69, 9.17) is 11.6 Å². The van der Waals surface area contributed by atoms with Crippen molar-refractivity contribution in [1.29, 1.82) is 0 Å². The third-order valence-electron chi connectivity index (χ3n) is 6.67. The molecule has 1 fully saturated rings. The van der Waals surface area contributed by atoms with Gasteiger partial charge in [-0.2, -0.15) is 0 Å². The van der Waals surface area contributed by atoms with Crippen LogP contribution in [0.15, 0.2) is 48.5 Å². The SMILES string of the molecule is CC(C)c1ccccc1N(CC(=O)N(Cc1ccccc1Cl)[C@H](C)C(=O)NC1CCCC1)S(C)(=O)=O. The topological polar surface area (TPSA) is 86.8 Å². The van der Waals surface area contributed by atoms with Gasteiger partial charge in [0, 0.05) is 17.6 Å². The summed E-state index contributed by atoms with van der Waals surface area (Å²) in [4.78, 5) is 28.3. The Morgan fingerprint density at radius 3 is 2.25 bits per heavy atom. The number of rotatable bonds is 10. The standard InChI is InChI=1S/C27H36ClN3O4S/c1-19(2)23-14-8-10-16-25(23)31(36(4,34)35)18-26(32)30(17-21-11-5-9-15-24(21)28)20(3)27(33)29-22-12-6-7-13-22/h5,8-11,14-16,19-20,22H,6-7,12-13,17-18H2,1-4H3,(H,29,33)/t20-/m1/s1. The van der Waals surface area contributed by atoms with Crippen LogP contribution in [0.4, 0.5) is 5.69 Å². The van der Waals surface area contributed by atoms with Crippen molar-refractivity contribution in [3.8, 4) is 0 Å². The van der Waals surface area contributed by atoms with Crippen molar-refractivity contribution >= 4 is 39.1 Å². The Morgan fingerprint density at radius 1 is 1.03 bits per heavy atom. The number of amides is 2. The van der Waals surface area contributed by atoms with Crippen LogP contribution in [0, 0.1) is 0 Å². The zero-order valence-electron chi connectivity index (χ0n) is 21.4. The smallest absolute Gasteiger partial charge is 0.244 e. The molecule has 1 atom stereocenters. The zero-order valence-corrected chi connectivity index (χ0v) is 23.0. The summed E-state index contributed by atoms with van der Waals surface area (Å²) in [7, 11) is -3.79. The summed E-state index contributed by atoms with van der Waals surface area (Å²) in [5.74, 6) is -0.681. The molecule has 0 saturated heterocycles. The molecule has 1 aliphatic rings. The van der Waals surface area contributed by atoms with E-state index in [0.29, 0.717) is 16.3 Å². The summed E-state index contributed by atoms with van der Waals surface area (Å²) in [6.07, 6.45) is 5.07. The van der Waals surface area contributed by atoms with Crippen molar-refractivity contribution in [2.45, 2.75) is 71.0 Å². The minimum atomic E-state index is -3.79. The van der Waals surface area contributed by atoms with Gasteiger partial charge in [-0.15, -0.1) is 0 Å². The number of hydrogen-bond donors (Lipinski definition) is 1. The quantitative estimate of drug-likeness (QED) is 0.479. The zero-order chi connectivity index (χ0) is 26.5. The Hall–Kier alpha value is -2.58. The molecule has 1 N–H and O–H groups in total. The summed E-state index contributed by atoms with van der Waals surface area (Å²) in [5.41, 5.74) is 1.96. The lowest BCUT2D eigenvalue weighted by Gasteiger charge is -2.33. The molecule has 7 nitrogen and oxygen atoms in total. The minimum Gasteiger partial charge on any atom is -0.352 e. The monoisotopic (exact) mass is 533 g/mol. The molecular weight excluding hydrogens is 498 g/mol. The summed E-state index contributed by atoms with van der Waals surface area (Å²) < 4.78 is 26.9. The molecule has 1 aliphatic carbocycles. The maximum absolute atomic E-state index is 13.8. The van der Waals surface area contributed by atoms with Gasteiger partial charge in [0.1, 0.15) is 12.6 Å². The second-order valence-corrected chi connectivity index (χ2v) is 12.1. The number of benzene rings is 2. The summed E-state index contributed by atoms with van der Waals surface area (Å²) in [6.45, 7) is 5.28. The Morgan fingerprint density at radius 2 is 1.64 bits per heavy atom. The predicted molar refractivity (Wildman–Crippen MR) is 145 cm³/mol. The lowest BCUT2D eigenvalue weighted by atomic mass is 10.0. The van der Waals surface area contributed by atoms with Gasteiger partial charge in [-0.3, -0.25) is 13.9 Å². The molecule has 0 bridgehead atoms. The highest BCUT2D eigenvalue weighted by Gasteiger charge is 2.32. The largest absolute Gasteiger partial charge is 0.352 e. The molecule has 1 saturated carbocycles. The normalized spacial score (nSPS) is 15.1. The number of carbonyl (C=O) groups excluding carboxylic acids is 2. The van der Waals surface area contributed by atoms with Crippen molar-refractivity contribution in [2.75, 3.05) is 17.1 Å². The lowest BCUT2D eigenvalue weighted by molar-refractivity contribution is -0.139. The van der Waals surface area contributed by atoms with Crippen molar-refractivity contribution in [3.05, 3.63) is 64.7 Å². The highest BCUT2D eigenvalue weighted by atomic mass is 35.5. The fourth-order valence-electron chi connectivity index (χ4n) is 4.58. The number of hydrogen-bond acceptors (Lipinski definition) is 4. The molecule has 2 aromatic rings. The second kappa shape index (κ2) is 12.1. The van der Waals surface area contributed by atoms with Gasteiger partial charge in [-0.05, 0) is 48.9 Å². The van der Waals surface area contributed by atoms with Crippen molar-refractivity contribution in [1.82, 2.24) is 10.2 Å². The minimum absolute atomic E-state index is 0.0518. The fraction of sp³-hybridized carbons (Fsp3) is 0.481. The molecule has 0 aromatic heterocycles. The van der Waals surface area contributed by atoms with Crippen LogP contribution < -0.4 is 9.62 Å². The molecular formula is C27H36ClN3O4S. The van der Waals surface area contributed by atoms with E-state index >= 15 is 0 Å². The van der Waals surface area contributed by atoms with Gasteiger partial charge in [0.25, 0.3) is 0 Å².